The molecule has 3 nitrogen and oxygen atoms in total. The zero-order valence-corrected chi connectivity index (χ0v) is 12.6. The number of hydrogen-bond acceptors (Lipinski definition) is 2. The number of nitrogens with two attached hydrogens (primary N) is 1. The highest BCUT2D eigenvalue weighted by Gasteiger charge is 2.35. The second-order valence-electron chi connectivity index (χ2n) is 6.08. The van der Waals surface area contributed by atoms with Gasteiger partial charge in [-0.15, -0.1) is 0 Å². The van der Waals surface area contributed by atoms with E-state index in [0.29, 0.717) is 19.0 Å². The van der Waals surface area contributed by atoms with Crippen molar-refractivity contribution in [1.29, 1.82) is 0 Å². The summed E-state index contributed by atoms with van der Waals surface area (Å²) in [5, 5.41) is 0. The maximum Gasteiger partial charge on any atom is 0.226 e. The zero-order chi connectivity index (χ0) is 14.5. The lowest BCUT2D eigenvalue weighted by Crippen LogP contribution is -2.42. The van der Waals surface area contributed by atoms with Gasteiger partial charge in [-0.2, -0.15) is 0 Å². The third-order valence-electron chi connectivity index (χ3n) is 4.38. The SMILES string of the molecule is CC(C)N(Cc1ccccc1)C(=O)C1CCCC1CN. The Hall–Kier alpha value is -1.35. The fourth-order valence-electron chi connectivity index (χ4n) is 3.15. The first-order chi connectivity index (χ1) is 9.63. The van der Waals surface area contributed by atoms with E-state index in [2.05, 4.69) is 26.0 Å². The topological polar surface area (TPSA) is 46.3 Å². The number of nitrogens with zero attached hydrogens (tertiary/aromatic N) is 1. The molecular weight excluding hydrogens is 248 g/mol. The molecule has 2 unspecified atom stereocenters. The smallest absolute Gasteiger partial charge is 0.226 e. The summed E-state index contributed by atoms with van der Waals surface area (Å²) >= 11 is 0. The van der Waals surface area contributed by atoms with Crippen LogP contribution in [-0.4, -0.2) is 23.4 Å². The summed E-state index contributed by atoms with van der Waals surface area (Å²) in [6, 6.07) is 10.4. The molecule has 110 valence electrons. The van der Waals surface area contributed by atoms with Gasteiger partial charge in [0, 0.05) is 18.5 Å². The second kappa shape index (κ2) is 6.89. The van der Waals surface area contributed by atoms with E-state index < -0.39 is 0 Å². The highest BCUT2D eigenvalue weighted by molar-refractivity contribution is 5.79. The molecule has 0 spiro atoms. The molecule has 1 fully saturated rings. The average molecular weight is 274 g/mol. The van der Waals surface area contributed by atoms with Crippen LogP contribution in [0.2, 0.25) is 0 Å². The lowest BCUT2D eigenvalue weighted by atomic mass is 9.94. The molecule has 2 N–H and O–H groups in total. The first kappa shape index (κ1) is 15.0. The fourth-order valence-corrected chi connectivity index (χ4v) is 3.15. The molecule has 20 heavy (non-hydrogen) atoms. The Bertz CT molecular complexity index is 430. The van der Waals surface area contributed by atoms with Crippen molar-refractivity contribution >= 4 is 5.91 Å². The normalized spacial score (nSPS) is 22.2. The number of benzene rings is 1. The van der Waals surface area contributed by atoms with Gasteiger partial charge in [0.05, 0.1) is 0 Å². The molecule has 1 aliphatic carbocycles. The van der Waals surface area contributed by atoms with Crippen LogP contribution in [0.3, 0.4) is 0 Å². The summed E-state index contributed by atoms with van der Waals surface area (Å²) in [4.78, 5) is 14.8. The van der Waals surface area contributed by atoms with Crippen LogP contribution in [0.25, 0.3) is 0 Å². The predicted octanol–water partition coefficient (Wildman–Crippen LogP) is 2.80. The molecule has 0 saturated heterocycles. The van der Waals surface area contributed by atoms with Gasteiger partial charge >= 0.3 is 0 Å². The number of amides is 1. The van der Waals surface area contributed by atoms with E-state index in [0.717, 1.165) is 19.3 Å². The van der Waals surface area contributed by atoms with Crippen molar-refractivity contribution in [3.63, 3.8) is 0 Å². The van der Waals surface area contributed by atoms with Crippen molar-refractivity contribution in [2.24, 2.45) is 17.6 Å². The summed E-state index contributed by atoms with van der Waals surface area (Å²) in [5.41, 5.74) is 7.01. The van der Waals surface area contributed by atoms with Gasteiger partial charge < -0.3 is 10.6 Å². The average Bonchev–Trinajstić information content (AvgIpc) is 2.93. The maximum atomic E-state index is 12.8. The summed E-state index contributed by atoms with van der Waals surface area (Å²) < 4.78 is 0. The van der Waals surface area contributed by atoms with E-state index in [4.69, 9.17) is 5.73 Å². The Morgan fingerprint density at radius 1 is 1.30 bits per heavy atom. The standard InChI is InChI=1S/C17H26N2O/c1-13(2)19(12-14-7-4-3-5-8-14)17(20)16-10-6-9-15(16)11-18/h3-5,7-8,13,15-16H,6,9-12,18H2,1-2H3. The van der Waals surface area contributed by atoms with E-state index in [1.54, 1.807) is 0 Å². The number of carbonyl (C=O) groups is 1. The Labute approximate surface area is 122 Å². The molecule has 0 bridgehead atoms. The molecule has 1 saturated carbocycles. The Morgan fingerprint density at radius 2 is 2.00 bits per heavy atom. The number of rotatable bonds is 5. The van der Waals surface area contributed by atoms with E-state index in [-0.39, 0.29) is 17.9 Å². The van der Waals surface area contributed by atoms with Crippen LogP contribution in [0.1, 0.15) is 38.7 Å². The largest absolute Gasteiger partial charge is 0.336 e. The Kier molecular flexibility index (Phi) is 5.18. The summed E-state index contributed by atoms with van der Waals surface area (Å²) in [6.07, 6.45) is 3.23. The first-order valence-corrected chi connectivity index (χ1v) is 7.68. The minimum Gasteiger partial charge on any atom is -0.336 e. The van der Waals surface area contributed by atoms with Crippen molar-refractivity contribution in [3.05, 3.63) is 35.9 Å². The van der Waals surface area contributed by atoms with Crippen LogP contribution < -0.4 is 5.73 Å². The van der Waals surface area contributed by atoms with Gasteiger partial charge in [0.1, 0.15) is 0 Å². The van der Waals surface area contributed by atoms with Crippen LogP contribution in [0, 0.1) is 11.8 Å². The second-order valence-corrected chi connectivity index (χ2v) is 6.08. The minimum atomic E-state index is 0.131. The van der Waals surface area contributed by atoms with Crippen LogP contribution in [0.5, 0.6) is 0 Å². The van der Waals surface area contributed by atoms with E-state index in [1.165, 1.54) is 5.56 Å². The number of hydrogen-bond donors (Lipinski definition) is 1. The maximum absolute atomic E-state index is 12.8. The van der Waals surface area contributed by atoms with Crippen LogP contribution in [-0.2, 0) is 11.3 Å². The number of carbonyl (C=O) groups excluding carboxylic acids is 1. The third-order valence-corrected chi connectivity index (χ3v) is 4.38. The van der Waals surface area contributed by atoms with Crippen LogP contribution in [0.4, 0.5) is 0 Å². The van der Waals surface area contributed by atoms with Gasteiger partial charge in [0.2, 0.25) is 5.91 Å². The predicted molar refractivity (Wildman–Crippen MR) is 82.0 cm³/mol. The Morgan fingerprint density at radius 3 is 2.60 bits per heavy atom. The van der Waals surface area contributed by atoms with Gasteiger partial charge in [-0.25, -0.2) is 0 Å². The highest BCUT2D eigenvalue weighted by Crippen LogP contribution is 2.33. The third kappa shape index (κ3) is 3.40. The van der Waals surface area contributed by atoms with Crippen molar-refractivity contribution in [2.45, 2.75) is 45.7 Å². The highest BCUT2D eigenvalue weighted by atomic mass is 16.2. The molecule has 1 amide bonds. The minimum absolute atomic E-state index is 0.131. The first-order valence-electron chi connectivity index (χ1n) is 7.68. The molecule has 2 rings (SSSR count). The molecule has 1 aromatic rings. The van der Waals surface area contributed by atoms with Gasteiger partial charge in [0.15, 0.2) is 0 Å². The van der Waals surface area contributed by atoms with Crippen LogP contribution >= 0.6 is 0 Å². The molecule has 2 atom stereocenters. The molecule has 0 heterocycles. The van der Waals surface area contributed by atoms with Gasteiger partial charge in [-0.1, -0.05) is 36.8 Å². The zero-order valence-electron chi connectivity index (χ0n) is 12.6. The lowest BCUT2D eigenvalue weighted by molar-refractivity contribution is -0.139. The van der Waals surface area contributed by atoms with Gasteiger partial charge in [-0.05, 0) is 44.7 Å². The van der Waals surface area contributed by atoms with Crippen molar-refractivity contribution in [1.82, 2.24) is 4.90 Å². The summed E-state index contributed by atoms with van der Waals surface area (Å²) in [6.45, 7) is 5.51. The summed E-state index contributed by atoms with van der Waals surface area (Å²) in [5.74, 6) is 0.794. The van der Waals surface area contributed by atoms with E-state index in [1.807, 2.05) is 23.1 Å². The van der Waals surface area contributed by atoms with E-state index >= 15 is 0 Å². The molecular formula is C17H26N2O. The summed E-state index contributed by atoms with van der Waals surface area (Å²) in [7, 11) is 0. The molecule has 0 radical (unpaired) electrons. The monoisotopic (exact) mass is 274 g/mol. The van der Waals surface area contributed by atoms with Crippen molar-refractivity contribution in [2.75, 3.05) is 6.54 Å². The molecule has 1 aromatic carbocycles. The molecule has 0 aromatic heterocycles. The molecule has 0 aliphatic heterocycles. The van der Waals surface area contributed by atoms with Crippen LogP contribution in [0.15, 0.2) is 30.3 Å². The molecule has 3 heteroatoms. The molecule has 1 aliphatic rings. The van der Waals surface area contributed by atoms with Crippen molar-refractivity contribution < 1.29 is 4.79 Å². The van der Waals surface area contributed by atoms with Crippen molar-refractivity contribution in [3.8, 4) is 0 Å². The lowest BCUT2D eigenvalue weighted by Gasteiger charge is -2.31. The van der Waals surface area contributed by atoms with E-state index in [9.17, 15) is 4.79 Å². The fraction of sp³-hybridized carbons (Fsp3) is 0.588. The quantitative estimate of drug-likeness (QED) is 0.897. The Balaban J connectivity index is 2.10. The van der Waals surface area contributed by atoms with Gasteiger partial charge in [-0.3, -0.25) is 4.79 Å². The van der Waals surface area contributed by atoms with Gasteiger partial charge in [0.25, 0.3) is 0 Å².